The fraction of sp³-hybridized carbons (Fsp3) is 0.462. The molecule has 0 unspecified atom stereocenters. The van der Waals surface area contributed by atoms with Crippen molar-refractivity contribution < 1.29 is 9.59 Å². The maximum atomic E-state index is 12.1. The molecule has 10 heteroatoms. The van der Waals surface area contributed by atoms with Crippen LogP contribution in [0.1, 0.15) is 20.3 Å². The Morgan fingerprint density at radius 3 is 2.83 bits per heavy atom. The lowest BCUT2D eigenvalue weighted by molar-refractivity contribution is -0.129. The molecule has 0 spiro atoms. The Morgan fingerprint density at radius 2 is 2.17 bits per heavy atom. The maximum absolute atomic E-state index is 12.1. The van der Waals surface area contributed by atoms with Crippen LogP contribution in [0.5, 0.6) is 0 Å². The van der Waals surface area contributed by atoms with Crippen molar-refractivity contribution in [1.82, 2.24) is 30.4 Å². The molecule has 0 aliphatic heterocycles. The Kier molecular flexibility index (Phi) is 5.63. The van der Waals surface area contributed by atoms with E-state index < -0.39 is 17.6 Å². The van der Waals surface area contributed by atoms with Gasteiger partial charge in [-0.15, -0.1) is 11.3 Å². The van der Waals surface area contributed by atoms with Gasteiger partial charge in [0.15, 0.2) is 0 Å². The van der Waals surface area contributed by atoms with Gasteiger partial charge >= 0.3 is 5.69 Å². The summed E-state index contributed by atoms with van der Waals surface area (Å²) >= 11 is 1.34. The lowest BCUT2D eigenvalue weighted by Crippen LogP contribution is -2.46. The van der Waals surface area contributed by atoms with Crippen LogP contribution in [0.2, 0.25) is 0 Å². The van der Waals surface area contributed by atoms with E-state index >= 15 is 0 Å². The Balaban J connectivity index is 1.96. The molecule has 2 amide bonds. The topological polar surface area (TPSA) is 111 Å². The van der Waals surface area contributed by atoms with Crippen LogP contribution in [0.3, 0.4) is 0 Å². The van der Waals surface area contributed by atoms with Crippen molar-refractivity contribution in [3.8, 4) is 5.00 Å². The highest BCUT2D eigenvalue weighted by Gasteiger charge is 2.17. The minimum atomic E-state index is -0.683. The number of hydrogen-bond donors (Lipinski definition) is 2. The summed E-state index contributed by atoms with van der Waals surface area (Å²) in [6.07, 6.45) is 0.813. The average molecular weight is 338 g/mol. The number of hydrogen-bond acceptors (Lipinski definition) is 6. The van der Waals surface area contributed by atoms with Gasteiger partial charge in [-0.2, -0.15) is 9.36 Å². The van der Waals surface area contributed by atoms with Crippen LogP contribution in [0.25, 0.3) is 5.00 Å². The Morgan fingerprint density at radius 1 is 1.39 bits per heavy atom. The summed E-state index contributed by atoms with van der Waals surface area (Å²) in [5, 5.41) is 15.0. The highest BCUT2D eigenvalue weighted by molar-refractivity contribution is 7.12. The van der Waals surface area contributed by atoms with Gasteiger partial charge in [0.05, 0.1) is 0 Å². The molecule has 2 aromatic heterocycles. The standard InChI is InChI=1S/C13H18N6O3S/c1-3-6-14-12(21)9(2)15-10(20)8-18-13(22)19(17-16-18)11-5-4-7-23-11/h4-5,7,9H,3,6,8H2,1-2H3,(H,14,21)(H,15,20)/t9-/m1/s1. The minimum Gasteiger partial charge on any atom is -0.354 e. The molecular weight excluding hydrogens is 320 g/mol. The minimum absolute atomic E-state index is 0.269. The zero-order chi connectivity index (χ0) is 16.8. The number of nitrogens with zero attached hydrogens (tertiary/aromatic N) is 4. The number of carbonyl (C=O) groups is 2. The van der Waals surface area contributed by atoms with Crippen molar-refractivity contribution in [2.45, 2.75) is 32.9 Å². The lowest BCUT2D eigenvalue weighted by Gasteiger charge is -2.13. The van der Waals surface area contributed by atoms with Gasteiger partial charge < -0.3 is 10.6 Å². The highest BCUT2D eigenvalue weighted by atomic mass is 32.1. The van der Waals surface area contributed by atoms with E-state index in [1.807, 2.05) is 12.3 Å². The SMILES string of the molecule is CCCNC(=O)[C@@H](C)NC(=O)Cn1nnn(-c2cccs2)c1=O. The number of aromatic nitrogens is 4. The van der Waals surface area contributed by atoms with Crippen molar-refractivity contribution in [3.63, 3.8) is 0 Å². The first-order valence-electron chi connectivity index (χ1n) is 7.16. The molecule has 2 aromatic rings. The summed E-state index contributed by atoms with van der Waals surface area (Å²) in [6, 6.07) is 2.83. The number of amides is 2. The van der Waals surface area contributed by atoms with Gasteiger partial charge in [-0.05, 0) is 41.3 Å². The Labute approximate surface area is 136 Å². The number of carbonyl (C=O) groups excluding carboxylic acids is 2. The van der Waals surface area contributed by atoms with Crippen LogP contribution in [-0.4, -0.2) is 44.2 Å². The quantitative estimate of drug-likeness (QED) is 0.708. The van der Waals surface area contributed by atoms with E-state index in [2.05, 4.69) is 21.1 Å². The van der Waals surface area contributed by atoms with Crippen LogP contribution in [0, 0.1) is 0 Å². The maximum Gasteiger partial charge on any atom is 0.369 e. The molecule has 9 nitrogen and oxygen atoms in total. The first kappa shape index (κ1) is 16.9. The molecule has 0 aliphatic rings. The third kappa shape index (κ3) is 4.25. The number of tetrazole rings is 1. The summed E-state index contributed by atoms with van der Waals surface area (Å²) in [5.41, 5.74) is -0.509. The molecule has 0 aliphatic carbocycles. The van der Waals surface area contributed by atoms with Crippen LogP contribution in [0.4, 0.5) is 0 Å². The Hall–Kier alpha value is -2.49. The molecule has 0 fully saturated rings. The van der Waals surface area contributed by atoms with Gasteiger partial charge in [0.2, 0.25) is 11.8 Å². The number of thiophene rings is 1. The first-order chi connectivity index (χ1) is 11.0. The van der Waals surface area contributed by atoms with Crippen LogP contribution < -0.4 is 16.3 Å². The third-order valence-corrected chi connectivity index (χ3v) is 3.81. The van der Waals surface area contributed by atoms with E-state index in [0.717, 1.165) is 15.8 Å². The predicted molar refractivity (Wildman–Crippen MR) is 84.4 cm³/mol. The van der Waals surface area contributed by atoms with Crippen LogP contribution in [0.15, 0.2) is 22.3 Å². The molecule has 0 aromatic carbocycles. The molecule has 2 N–H and O–H groups in total. The van der Waals surface area contributed by atoms with Crippen molar-refractivity contribution in [2.24, 2.45) is 0 Å². The van der Waals surface area contributed by atoms with Gasteiger partial charge in [-0.25, -0.2) is 4.79 Å². The van der Waals surface area contributed by atoms with E-state index in [-0.39, 0.29) is 12.5 Å². The molecule has 2 heterocycles. The smallest absolute Gasteiger partial charge is 0.354 e. The fourth-order valence-corrected chi connectivity index (χ4v) is 2.46. The highest BCUT2D eigenvalue weighted by Crippen LogP contribution is 2.10. The zero-order valence-corrected chi connectivity index (χ0v) is 13.7. The third-order valence-electron chi connectivity index (χ3n) is 2.97. The van der Waals surface area contributed by atoms with Crippen LogP contribution >= 0.6 is 11.3 Å². The van der Waals surface area contributed by atoms with Gasteiger partial charge in [0.1, 0.15) is 17.6 Å². The summed E-state index contributed by atoms with van der Waals surface area (Å²) in [7, 11) is 0. The van der Waals surface area contributed by atoms with E-state index in [0.29, 0.717) is 11.5 Å². The molecule has 0 saturated heterocycles. The average Bonchev–Trinajstić information content (AvgIpc) is 3.15. The monoisotopic (exact) mass is 338 g/mol. The van der Waals surface area contributed by atoms with Crippen molar-refractivity contribution in [1.29, 1.82) is 0 Å². The van der Waals surface area contributed by atoms with E-state index in [9.17, 15) is 14.4 Å². The molecule has 0 bridgehead atoms. The second-order valence-corrected chi connectivity index (χ2v) is 5.79. The van der Waals surface area contributed by atoms with Crippen LogP contribution in [-0.2, 0) is 16.1 Å². The lowest BCUT2D eigenvalue weighted by atomic mass is 10.3. The second kappa shape index (κ2) is 7.68. The van der Waals surface area contributed by atoms with Gasteiger partial charge in [-0.1, -0.05) is 6.92 Å². The fourth-order valence-electron chi connectivity index (χ4n) is 1.79. The van der Waals surface area contributed by atoms with E-state index in [1.54, 1.807) is 19.1 Å². The van der Waals surface area contributed by atoms with E-state index in [1.165, 1.54) is 11.3 Å². The summed E-state index contributed by atoms with van der Waals surface area (Å²) in [4.78, 5) is 35.7. The summed E-state index contributed by atoms with van der Waals surface area (Å²) in [6.45, 7) is 3.77. The largest absolute Gasteiger partial charge is 0.369 e. The number of nitrogens with one attached hydrogen (secondary N) is 2. The summed E-state index contributed by atoms with van der Waals surface area (Å²) in [5.74, 6) is -0.751. The van der Waals surface area contributed by atoms with Crippen molar-refractivity contribution >= 4 is 23.2 Å². The Bertz CT molecular complexity index is 720. The van der Waals surface area contributed by atoms with E-state index in [4.69, 9.17) is 0 Å². The number of rotatable bonds is 7. The molecule has 1 atom stereocenters. The molecule has 2 rings (SSSR count). The van der Waals surface area contributed by atoms with Gasteiger partial charge in [0, 0.05) is 6.54 Å². The van der Waals surface area contributed by atoms with Gasteiger partial charge in [0.25, 0.3) is 0 Å². The van der Waals surface area contributed by atoms with Crippen molar-refractivity contribution in [2.75, 3.05) is 6.54 Å². The molecular formula is C13H18N6O3S. The second-order valence-electron chi connectivity index (χ2n) is 4.86. The molecule has 23 heavy (non-hydrogen) atoms. The molecule has 0 radical (unpaired) electrons. The summed E-state index contributed by atoms with van der Waals surface area (Å²) < 4.78 is 2.07. The molecule has 0 saturated carbocycles. The first-order valence-corrected chi connectivity index (χ1v) is 8.04. The zero-order valence-electron chi connectivity index (χ0n) is 12.9. The predicted octanol–water partition coefficient (Wildman–Crippen LogP) is -0.479. The van der Waals surface area contributed by atoms with Crippen molar-refractivity contribution in [3.05, 3.63) is 28.0 Å². The normalized spacial score (nSPS) is 11.9. The van der Waals surface area contributed by atoms with Gasteiger partial charge in [-0.3, -0.25) is 9.59 Å². The molecule has 124 valence electrons.